The van der Waals surface area contributed by atoms with Gasteiger partial charge in [0.1, 0.15) is 5.75 Å². The quantitative estimate of drug-likeness (QED) is 0.663. The van der Waals surface area contributed by atoms with E-state index in [1.807, 2.05) is 6.07 Å². The molecule has 1 aromatic carbocycles. The van der Waals surface area contributed by atoms with Crippen molar-refractivity contribution in [2.75, 3.05) is 20.0 Å². The van der Waals surface area contributed by atoms with E-state index in [9.17, 15) is 4.79 Å². The van der Waals surface area contributed by atoms with Crippen LogP contribution in [-0.2, 0) is 0 Å². The Bertz CT molecular complexity index is 591. The van der Waals surface area contributed by atoms with Gasteiger partial charge in [0.25, 0.3) is 0 Å². The van der Waals surface area contributed by atoms with Crippen LogP contribution < -0.4 is 19.9 Å². The van der Waals surface area contributed by atoms with Crippen LogP contribution >= 0.6 is 0 Å². The zero-order chi connectivity index (χ0) is 14.5. The number of nitrogen functional groups attached to an aromatic ring is 1. The molecular weight excluding hydrogens is 262 g/mol. The second-order valence-corrected chi connectivity index (χ2v) is 3.68. The molecule has 0 bridgehead atoms. The predicted octanol–water partition coefficient (Wildman–Crippen LogP) is 1.30. The number of nitrogens with zero attached hydrogens (tertiary/aromatic N) is 2. The molecule has 20 heavy (non-hydrogen) atoms. The first-order valence-electron chi connectivity index (χ1n) is 5.68. The Morgan fingerprint density at radius 2 is 1.60 bits per heavy atom. The highest BCUT2D eigenvalue weighted by Crippen LogP contribution is 2.27. The third-order valence-corrected chi connectivity index (χ3v) is 2.40. The molecule has 2 aromatic rings. The second-order valence-electron chi connectivity index (χ2n) is 3.68. The molecule has 7 heteroatoms. The summed E-state index contributed by atoms with van der Waals surface area (Å²) in [5.74, 6) is -0.436. The van der Waals surface area contributed by atoms with E-state index >= 15 is 0 Å². The lowest BCUT2D eigenvalue weighted by atomic mass is 10.3. The topological polar surface area (TPSA) is 96.6 Å². The summed E-state index contributed by atoms with van der Waals surface area (Å²) < 4.78 is 15.1. The smallest absolute Gasteiger partial charge is 0.382 e. The summed E-state index contributed by atoms with van der Waals surface area (Å²) >= 11 is 0. The number of hydrogen-bond donors (Lipinski definition) is 1. The normalized spacial score (nSPS) is 9.90. The molecule has 0 radical (unpaired) electrons. The van der Waals surface area contributed by atoms with Crippen molar-refractivity contribution in [3.8, 4) is 17.5 Å². The van der Waals surface area contributed by atoms with Gasteiger partial charge in [-0.25, -0.2) is 4.79 Å². The van der Waals surface area contributed by atoms with Crippen molar-refractivity contribution < 1.29 is 19.0 Å². The van der Waals surface area contributed by atoms with E-state index in [4.69, 9.17) is 19.9 Å². The van der Waals surface area contributed by atoms with Crippen molar-refractivity contribution in [3.05, 3.63) is 36.2 Å². The van der Waals surface area contributed by atoms with Crippen LogP contribution in [0.2, 0.25) is 0 Å². The van der Waals surface area contributed by atoms with E-state index < -0.39 is 5.97 Å². The van der Waals surface area contributed by atoms with Crippen molar-refractivity contribution in [1.29, 1.82) is 0 Å². The van der Waals surface area contributed by atoms with Crippen molar-refractivity contribution in [2.24, 2.45) is 0 Å². The van der Waals surface area contributed by atoms with Gasteiger partial charge in [0.2, 0.25) is 17.6 Å². The van der Waals surface area contributed by atoms with Gasteiger partial charge in [-0.15, -0.1) is 0 Å². The Balaban J connectivity index is 2.30. The number of benzene rings is 1. The number of carbonyl (C=O) groups is 1. The third kappa shape index (κ3) is 2.77. The molecule has 7 nitrogen and oxygen atoms in total. The number of rotatable bonds is 4. The Hall–Kier alpha value is -2.83. The Morgan fingerprint density at radius 1 is 1.05 bits per heavy atom. The summed E-state index contributed by atoms with van der Waals surface area (Å²) in [6.07, 6.45) is 0. The molecule has 0 saturated heterocycles. The van der Waals surface area contributed by atoms with Crippen molar-refractivity contribution in [2.45, 2.75) is 0 Å². The molecule has 2 rings (SSSR count). The van der Waals surface area contributed by atoms with Crippen molar-refractivity contribution in [3.63, 3.8) is 0 Å². The molecule has 0 unspecified atom stereocenters. The van der Waals surface area contributed by atoms with Gasteiger partial charge in [-0.1, -0.05) is 18.2 Å². The van der Waals surface area contributed by atoms with Crippen LogP contribution in [0.4, 0.5) is 5.69 Å². The number of para-hydroxylation sites is 1. The zero-order valence-electron chi connectivity index (χ0n) is 11.0. The first-order chi connectivity index (χ1) is 9.65. The SMILES string of the molecule is COc1nc(C(=O)Oc2ccccc2)nc(OC)c1N. The van der Waals surface area contributed by atoms with Crippen molar-refractivity contribution >= 4 is 11.7 Å². The fraction of sp³-hybridized carbons (Fsp3) is 0.154. The highest BCUT2D eigenvalue weighted by atomic mass is 16.5. The fourth-order valence-electron chi connectivity index (χ4n) is 1.47. The fourth-order valence-corrected chi connectivity index (χ4v) is 1.47. The number of carbonyl (C=O) groups excluding carboxylic acids is 1. The van der Waals surface area contributed by atoms with E-state index in [1.165, 1.54) is 14.2 Å². The molecule has 0 aliphatic heterocycles. The van der Waals surface area contributed by atoms with Gasteiger partial charge in [0.05, 0.1) is 14.2 Å². The molecule has 1 aromatic heterocycles. The molecule has 0 spiro atoms. The lowest BCUT2D eigenvalue weighted by Gasteiger charge is -2.09. The number of methoxy groups -OCH3 is 2. The Kier molecular flexibility index (Phi) is 3.99. The number of esters is 1. The summed E-state index contributed by atoms with van der Waals surface area (Å²) in [4.78, 5) is 19.7. The van der Waals surface area contributed by atoms with Crippen LogP contribution in [-0.4, -0.2) is 30.2 Å². The van der Waals surface area contributed by atoms with Crippen LogP contribution in [0.1, 0.15) is 10.6 Å². The van der Waals surface area contributed by atoms with Crippen LogP contribution in [0.15, 0.2) is 30.3 Å². The number of nitrogens with two attached hydrogens (primary N) is 1. The van der Waals surface area contributed by atoms with Gasteiger partial charge in [-0.3, -0.25) is 0 Å². The highest BCUT2D eigenvalue weighted by molar-refractivity contribution is 5.88. The van der Waals surface area contributed by atoms with E-state index in [1.54, 1.807) is 24.3 Å². The predicted molar refractivity (Wildman–Crippen MR) is 70.9 cm³/mol. The lowest BCUT2D eigenvalue weighted by molar-refractivity contribution is 0.0719. The van der Waals surface area contributed by atoms with Gasteiger partial charge >= 0.3 is 5.97 Å². The second kappa shape index (κ2) is 5.87. The Labute approximate surface area is 115 Å². The summed E-state index contributed by atoms with van der Waals surface area (Å²) in [6, 6.07) is 8.58. The lowest BCUT2D eigenvalue weighted by Crippen LogP contribution is -2.15. The maximum atomic E-state index is 12.0. The molecule has 0 amide bonds. The number of anilines is 1. The van der Waals surface area contributed by atoms with Crippen LogP contribution in [0.25, 0.3) is 0 Å². The minimum absolute atomic E-state index is 0.0526. The summed E-state index contributed by atoms with van der Waals surface area (Å²) in [6.45, 7) is 0. The molecule has 104 valence electrons. The van der Waals surface area contributed by atoms with Gasteiger partial charge < -0.3 is 19.9 Å². The standard InChI is InChI=1S/C13H13N3O4/c1-18-11-9(14)12(19-2)16-10(15-11)13(17)20-8-6-4-3-5-7-8/h3-7H,14H2,1-2H3. The number of ether oxygens (including phenoxy) is 3. The minimum atomic E-state index is -0.729. The number of aromatic nitrogens is 2. The monoisotopic (exact) mass is 275 g/mol. The van der Waals surface area contributed by atoms with Gasteiger partial charge in [-0.05, 0) is 12.1 Å². The summed E-state index contributed by atoms with van der Waals surface area (Å²) in [5.41, 5.74) is 5.82. The molecular formula is C13H13N3O4. The Morgan fingerprint density at radius 3 is 2.10 bits per heavy atom. The van der Waals surface area contributed by atoms with Gasteiger partial charge in [0.15, 0.2) is 5.69 Å². The van der Waals surface area contributed by atoms with Crippen molar-refractivity contribution in [1.82, 2.24) is 9.97 Å². The first kappa shape index (κ1) is 13.6. The summed E-state index contributed by atoms with van der Waals surface area (Å²) in [7, 11) is 2.76. The van der Waals surface area contributed by atoms with Gasteiger partial charge in [-0.2, -0.15) is 9.97 Å². The average molecular weight is 275 g/mol. The van der Waals surface area contributed by atoms with Crippen LogP contribution in [0, 0.1) is 0 Å². The largest absolute Gasteiger partial charge is 0.479 e. The zero-order valence-corrected chi connectivity index (χ0v) is 11.0. The average Bonchev–Trinajstić information content (AvgIpc) is 2.48. The minimum Gasteiger partial charge on any atom is -0.479 e. The highest BCUT2D eigenvalue weighted by Gasteiger charge is 2.19. The molecule has 0 atom stereocenters. The molecule has 0 fully saturated rings. The number of hydrogen-bond acceptors (Lipinski definition) is 7. The van der Waals surface area contributed by atoms with E-state index in [0.29, 0.717) is 5.75 Å². The maximum absolute atomic E-state index is 12.0. The van der Waals surface area contributed by atoms with Crippen LogP contribution in [0.5, 0.6) is 17.5 Å². The van der Waals surface area contributed by atoms with E-state index in [2.05, 4.69) is 9.97 Å². The third-order valence-electron chi connectivity index (χ3n) is 2.40. The van der Waals surface area contributed by atoms with Crippen LogP contribution in [0.3, 0.4) is 0 Å². The first-order valence-corrected chi connectivity index (χ1v) is 5.68. The molecule has 0 aliphatic rings. The molecule has 2 N–H and O–H groups in total. The summed E-state index contributed by atoms with van der Waals surface area (Å²) in [5, 5.41) is 0. The maximum Gasteiger partial charge on any atom is 0.382 e. The van der Waals surface area contributed by atoms with E-state index in [-0.39, 0.29) is 23.3 Å². The molecule has 0 aliphatic carbocycles. The van der Waals surface area contributed by atoms with E-state index in [0.717, 1.165) is 0 Å². The molecule has 1 heterocycles. The molecule has 0 saturated carbocycles. The van der Waals surface area contributed by atoms with Gasteiger partial charge in [0, 0.05) is 0 Å².